The van der Waals surface area contributed by atoms with Crippen LogP contribution in [-0.2, 0) is 4.79 Å². The lowest BCUT2D eigenvalue weighted by Gasteiger charge is -2.08. The average molecular weight is 423 g/mol. The fraction of sp³-hybridized carbons (Fsp3) is 0.481. The van der Waals surface area contributed by atoms with Gasteiger partial charge in [0.25, 0.3) is 5.91 Å². The lowest BCUT2D eigenvalue weighted by atomic mass is 10.0. The van der Waals surface area contributed by atoms with E-state index in [9.17, 15) is 9.59 Å². The van der Waals surface area contributed by atoms with Crippen LogP contribution in [0, 0.1) is 0 Å². The molecule has 2 N–H and O–H groups in total. The van der Waals surface area contributed by atoms with E-state index >= 15 is 0 Å². The highest BCUT2D eigenvalue weighted by Crippen LogP contribution is 2.19. The second-order valence-corrected chi connectivity index (χ2v) is 8.23. The first-order valence-electron chi connectivity index (χ1n) is 12.0. The first-order valence-corrected chi connectivity index (χ1v) is 12.0. The maximum absolute atomic E-state index is 12.2. The van der Waals surface area contributed by atoms with E-state index in [-0.39, 0.29) is 11.8 Å². The topological polar surface area (TPSA) is 58.2 Å². The van der Waals surface area contributed by atoms with Gasteiger partial charge < -0.3 is 0 Å². The molecule has 0 fully saturated rings. The summed E-state index contributed by atoms with van der Waals surface area (Å²) in [5, 5.41) is 0. The molecule has 4 nitrogen and oxygen atoms in total. The molecule has 0 aliphatic carbocycles. The van der Waals surface area contributed by atoms with Crippen molar-refractivity contribution in [3.63, 3.8) is 0 Å². The highest BCUT2D eigenvalue weighted by atomic mass is 16.2. The molecule has 0 saturated heterocycles. The minimum Gasteiger partial charge on any atom is -0.273 e. The van der Waals surface area contributed by atoms with E-state index < -0.39 is 0 Å². The standard InChI is InChI=1S/C27H38N2O2/c1-2-3-4-5-6-7-8-9-10-11-15-18-26(30)28-29-27(31)25-21-19-24(20-22-25)23-16-13-12-14-17-23/h12-14,16-17,19-22H,2-11,15,18H2,1H3,(H,28,30)(H,29,31). The number of carbonyl (C=O) groups is 2. The Hall–Kier alpha value is -2.62. The van der Waals surface area contributed by atoms with Gasteiger partial charge in [-0.15, -0.1) is 0 Å². The quantitative estimate of drug-likeness (QED) is 0.259. The molecule has 2 aromatic carbocycles. The van der Waals surface area contributed by atoms with E-state index in [1.165, 1.54) is 57.8 Å². The van der Waals surface area contributed by atoms with Crippen LogP contribution in [0.3, 0.4) is 0 Å². The molecule has 0 aliphatic heterocycles. The number of unbranched alkanes of at least 4 members (excludes halogenated alkanes) is 10. The van der Waals surface area contributed by atoms with Crippen molar-refractivity contribution < 1.29 is 9.59 Å². The number of benzene rings is 2. The van der Waals surface area contributed by atoms with Crippen LogP contribution in [0.5, 0.6) is 0 Å². The van der Waals surface area contributed by atoms with Gasteiger partial charge in [0.1, 0.15) is 0 Å². The van der Waals surface area contributed by atoms with Crippen molar-refractivity contribution in [3.05, 3.63) is 60.2 Å². The lowest BCUT2D eigenvalue weighted by Crippen LogP contribution is -2.41. The molecule has 4 heteroatoms. The Bertz CT molecular complexity index is 757. The molecule has 0 atom stereocenters. The third-order valence-corrected chi connectivity index (χ3v) is 5.58. The molecule has 0 spiro atoms. The van der Waals surface area contributed by atoms with Gasteiger partial charge >= 0.3 is 0 Å². The Labute approximate surface area is 187 Å². The van der Waals surface area contributed by atoms with Crippen molar-refractivity contribution in [1.29, 1.82) is 0 Å². The van der Waals surface area contributed by atoms with Gasteiger partial charge in [-0.2, -0.15) is 0 Å². The van der Waals surface area contributed by atoms with Crippen LogP contribution in [0.15, 0.2) is 54.6 Å². The minimum absolute atomic E-state index is 0.134. The summed E-state index contributed by atoms with van der Waals surface area (Å²) in [7, 11) is 0. The molecule has 0 aromatic heterocycles. The molecule has 2 aromatic rings. The Morgan fingerprint density at radius 1 is 0.613 bits per heavy atom. The monoisotopic (exact) mass is 422 g/mol. The van der Waals surface area contributed by atoms with Crippen LogP contribution in [0.2, 0.25) is 0 Å². The molecule has 2 amide bonds. The Kier molecular flexibility index (Phi) is 12.1. The Balaban J connectivity index is 1.53. The number of carbonyl (C=O) groups excluding carboxylic acids is 2. The Morgan fingerprint density at radius 2 is 1.13 bits per heavy atom. The minimum atomic E-state index is -0.299. The number of amides is 2. The van der Waals surface area contributed by atoms with Gasteiger partial charge in [0.15, 0.2) is 0 Å². The number of hydrogen-bond donors (Lipinski definition) is 2. The van der Waals surface area contributed by atoms with Crippen LogP contribution >= 0.6 is 0 Å². The third kappa shape index (κ3) is 10.3. The molecular weight excluding hydrogens is 384 g/mol. The van der Waals surface area contributed by atoms with E-state index in [2.05, 4.69) is 17.8 Å². The third-order valence-electron chi connectivity index (χ3n) is 5.58. The fourth-order valence-corrected chi connectivity index (χ4v) is 3.66. The van der Waals surface area contributed by atoms with Crippen molar-refractivity contribution in [1.82, 2.24) is 10.9 Å². The zero-order valence-corrected chi connectivity index (χ0v) is 19.0. The van der Waals surface area contributed by atoms with E-state index in [0.717, 1.165) is 24.0 Å². The SMILES string of the molecule is CCCCCCCCCCCCCC(=O)NNC(=O)c1ccc(-c2ccccc2)cc1. The number of nitrogens with one attached hydrogen (secondary N) is 2. The van der Waals surface area contributed by atoms with Crippen molar-refractivity contribution in [2.45, 2.75) is 84.0 Å². The normalized spacial score (nSPS) is 10.6. The molecule has 0 heterocycles. The molecule has 168 valence electrons. The molecular formula is C27H38N2O2. The Morgan fingerprint density at radius 3 is 1.71 bits per heavy atom. The van der Waals surface area contributed by atoms with Gasteiger partial charge in [0, 0.05) is 12.0 Å². The van der Waals surface area contributed by atoms with Crippen LogP contribution in [0.25, 0.3) is 11.1 Å². The summed E-state index contributed by atoms with van der Waals surface area (Å²) >= 11 is 0. The summed E-state index contributed by atoms with van der Waals surface area (Å²) < 4.78 is 0. The average Bonchev–Trinajstić information content (AvgIpc) is 2.81. The maximum Gasteiger partial charge on any atom is 0.269 e. The molecule has 31 heavy (non-hydrogen) atoms. The summed E-state index contributed by atoms with van der Waals surface area (Å²) in [6.07, 6.45) is 14.2. The zero-order valence-electron chi connectivity index (χ0n) is 19.0. The largest absolute Gasteiger partial charge is 0.273 e. The van der Waals surface area contributed by atoms with Crippen LogP contribution < -0.4 is 10.9 Å². The summed E-state index contributed by atoms with van der Waals surface area (Å²) in [5.41, 5.74) is 7.72. The first kappa shape index (κ1) is 24.6. The van der Waals surface area contributed by atoms with Gasteiger partial charge in [0.05, 0.1) is 0 Å². The molecule has 0 bridgehead atoms. The first-order chi connectivity index (χ1) is 15.2. The van der Waals surface area contributed by atoms with Crippen LogP contribution in [-0.4, -0.2) is 11.8 Å². The summed E-state index contributed by atoms with van der Waals surface area (Å²) in [5.74, 6) is -0.433. The lowest BCUT2D eigenvalue weighted by molar-refractivity contribution is -0.122. The van der Waals surface area contributed by atoms with Gasteiger partial charge in [-0.25, -0.2) is 0 Å². The van der Waals surface area contributed by atoms with Gasteiger partial charge in [-0.1, -0.05) is 114 Å². The molecule has 0 unspecified atom stereocenters. The predicted molar refractivity (Wildman–Crippen MR) is 129 cm³/mol. The van der Waals surface area contributed by atoms with E-state index in [0.29, 0.717) is 12.0 Å². The number of hydrogen-bond acceptors (Lipinski definition) is 2. The molecule has 0 radical (unpaired) electrons. The van der Waals surface area contributed by atoms with Crippen molar-refractivity contribution in [2.24, 2.45) is 0 Å². The summed E-state index contributed by atoms with van der Waals surface area (Å²) in [6, 6.07) is 17.4. The van der Waals surface area contributed by atoms with Gasteiger partial charge in [-0.05, 0) is 29.7 Å². The van der Waals surface area contributed by atoms with E-state index in [1.54, 1.807) is 12.1 Å². The summed E-state index contributed by atoms with van der Waals surface area (Å²) in [6.45, 7) is 2.25. The number of hydrazine groups is 1. The predicted octanol–water partition coefficient (Wildman–Crippen LogP) is 6.82. The van der Waals surface area contributed by atoms with Crippen molar-refractivity contribution >= 4 is 11.8 Å². The highest BCUT2D eigenvalue weighted by molar-refractivity contribution is 5.95. The molecule has 0 saturated carbocycles. The van der Waals surface area contributed by atoms with Gasteiger partial charge in [0.2, 0.25) is 5.91 Å². The fourth-order valence-electron chi connectivity index (χ4n) is 3.66. The number of rotatable bonds is 14. The van der Waals surface area contributed by atoms with Gasteiger partial charge in [-0.3, -0.25) is 20.4 Å². The van der Waals surface area contributed by atoms with E-state index in [1.807, 2.05) is 42.5 Å². The van der Waals surface area contributed by atoms with Crippen LogP contribution in [0.1, 0.15) is 94.3 Å². The smallest absolute Gasteiger partial charge is 0.269 e. The zero-order chi connectivity index (χ0) is 22.2. The van der Waals surface area contributed by atoms with E-state index in [4.69, 9.17) is 0 Å². The van der Waals surface area contributed by atoms with Crippen molar-refractivity contribution in [2.75, 3.05) is 0 Å². The maximum atomic E-state index is 12.2. The summed E-state index contributed by atoms with van der Waals surface area (Å²) in [4.78, 5) is 24.2. The molecule has 2 rings (SSSR count). The van der Waals surface area contributed by atoms with Crippen molar-refractivity contribution in [3.8, 4) is 11.1 Å². The van der Waals surface area contributed by atoms with Crippen LogP contribution in [0.4, 0.5) is 0 Å². The molecule has 0 aliphatic rings. The highest BCUT2D eigenvalue weighted by Gasteiger charge is 2.08. The second-order valence-electron chi connectivity index (χ2n) is 8.23. The second kappa shape index (κ2) is 15.2.